The number of rotatable bonds is 8. The summed E-state index contributed by atoms with van der Waals surface area (Å²) in [5.74, 6) is 0.403. The van der Waals surface area contributed by atoms with Gasteiger partial charge in [-0.25, -0.2) is 4.90 Å². The van der Waals surface area contributed by atoms with Crippen molar-refractivity contribution in [2.75, 3.05) is 18.6 Å². The van der Waals surface area contributed by atoms with Crippen LogP contribution in [-0.2, 0) is 20.9 Å². The zero-order chi connectivity index (χ0) is 21.7. The Morgan fingerprint density at radius 1 is 1.07 bits per heavy atom. The van der Waals surface area contributed by atoms with Gasteiger partial charge in [0.15, 0.2) is 0 Å². The molecule has 1 fully saturated rings. The molecule has 7 heteroatoms. The Balaban J connectivity index is 1.77. The molecule has 1 saturated heterocycles. The van der Waals surface area contributed by atoms with Crippen LogP contribution in [0.25, 0.3) is 0 Å². The van der Waals surface area contributed by atoms with Crippen molar-refractivity contribution in [3.05, 3.63) is 54.1 Å². The molecule has 3 amide bonds. The molecule has 0 aromatic heterocycles. The van der Waals surface area contributed by atoms with Crippen LogP contribution in [0.5, 0.6) is 11.5 Å². The summed E-state index contributed by atoms with van der Waals surface area (Å²) in [7, 11) is 1.58. The van der Waals surface area contributed by atoms with Crippen LogP contribution >= 0.6 is 0 Å². The normalized spacial score (nSPS) is 16.0. The third-order valence-corrected chi connectivity index (χ3v) is 4.98. The molecule has 0 radical (unpaired) electrons. The molecule has 1 heterocycles. The third kappa shape index (κ3) is 4.62. The minimum atomic E-state index is -0.826. The van der Waals surface area contributed by atoms with Crippen molar-refractivity contribution in [3.8, 4) is 11.5 Å². The van der Waals surface area contributed by atoms with Crippen LogP contribution in [0.3, 0.4) is 0 Å². The molecule has 7 nitrogen and oxygen atoms in total. The number of nitrogens with zero attached hydrogens (tertiary/aromatic N) is 2. The molecule has 0 N–H and O–H groups in total. The molecule has 1 aliphatic heterocycles. The largest absolute Gasteiger partial charge is 0.497 e. The van der Waals surface area contributed by atoms with E-state index in [9.17, 15) is 14.4 Å². The Morgan fingerprint density at radius 3 is 2.27 bits per heavy atom. The predicted molar refractivity (Wildman–Crippen MR) is 112 cm³/mol. The molecule has 1 aliphatic rings. The number of methoxy groups -OCH3 is 1. The maximum absolute atomic E-state index is 13.1. The van der Waals surface area contributed by atoms with Gasteiger partial charge in [-0.1, -0.05) is 19.1 Å². The molecule has 0 spiro atoms. The first-order chi connectivity index (χ1) is 14.4. The summed E-state index contributed by atoms with van der Waals surface area (Å²) >= 11 is 0. The van der Waals surface area contributed by atoms with E-state index >= 15 is 0 Å². The van der Waals surface area contributed by atoms with E-state index in [1.165, 1.54) is 11.8 Å². The highest BCUT2D eigenvalue weighted by atomic mass is 16.5. The van der Waals surface area contributed by atoms with E-state index in [0.29, 0.717) is 23.8 Å². The SMILES string of the molecule is CCCOc1ccc(N2C(=O)C[C@@H](N(Cc3ccc(OC)cc3)C(C)=O)C2=O)cc1. The van der Waals surface area contributed by atoms with Crippen LogP contribution in [-0.4, -0.2) is 42.4 Å². The Labute approximate surface area is 176 Å². The van der Waals surface area contributed by atoms with E-state index in [0.717, 1.165) is 16.9 Å². The minimum absolute atomic E-state index is 0.0390. The lowest BCUT2D eigenvalue weighted by molar-refractivity contribution is -0.137. The predicted octanol–water partition coefficient (Wildman–Crippen LogP) is 3.16. The molecule has 1 atom stereocenters. The first-order valence-corrected chi connectivity index (χ1v) is 9.94. The zero-order valence-electron chi connectivity index (χ0n) is 17.5. The second-order valence-electron chi connectivity index (χ2n) is 7.12. The number of carbonyl (C=O) groups excluding carboxylic acids is 3. The molecule has 0 saturated carbocycles. The van der Waals surface area contributed by atoms with Crippen molar-refractivity contribution in [3.63, 3.8) is 0 Å². The van der Waals surface area contributed by atoms with Crippen molar-refractivity contribution >= 4 is 23.4 Å². The Hall–Kier alpha value is -3.35. The Morgan fingerprint density at radius 2 is 1.70 bits per heavy atom. The molecule has 30 heavy (non-hydrogen) atoms. The second kappa shape index (κ2) is 9.43. The lowest BCUT2D eigenvalue weighted by Gasteiger charge is -2.26. The molecule has 0 bridgehead atoms. The molecule has 3 rings (SSSR count). The van der Waals surface area contributed by atoms with Gasteiger partial charge in [0.25, 0.3) is 5.91 Å². The van der Waals surface area contributed by atoms with Gasteiger partial charge in [-0.15, -0.1) is 0 Å². The van der Waals surface area contributed by atoms with Gasteiger partial charge < -0.3 is 14.4 Å². The first kappa shape index (κ1) is 21.4. The Bertz CT molecular complexity index is 908. The lowest BCUT2D eigenvalue weighted by atomic mass is 10.1. The number of ether oxygens (including phenoxy) is 2. The maximum Gasteiger partial charge on any atom is 0.257 e. The molecule has 0 unspecified atom stereocenters. The molecular weight excluding hydrogens is 384 g/mol. The van der Waals surface area contributed by atoms with Crippen molar-refractivity contribution in [2.24, 2.45) is 0 Å². The van der Waals surface area contributed by atoms with E-state index in [-0.39, 0.29) is 24.8 Å². The number of hydrogen-bond donors (Lipinski definition) is 0. The van der Waals surface area contributed by atoms with Gasteiger partial charge in [-0.3, -0.25) is 14.4 Å². The van der Waals surface area contributed by atoms with Crippen molar-refractivity contribution < 1.29 is 23.9 Å². The van der Waals surface area contributed by atoms with Crippen molar-refractivity contribution in [1.29, 1.82) is 0 Å². The quantitative estimate of drug-likeness (QED) is 0.625. The van der Waals surface area contributed by atoms with Crippen molar-refractivity contribution in [1.82, 2.24) is 4.90 Å². The second-order valence-corrected chi connectivity index (χ2v) is 7.12. The summed E-state index contributed by atoms with van der Waals surface area (Å²) in [6, 6.07) is 13.3. The number of hydrogen-bond acceptors (Lipinski definition) is 5. The van der Waals surface area contributed by atoms with E-state index in [1.54, 1.807) is 43.5 Å². The minimum Gasteiger partial charge on any atom is -0.497 e. The standard InChI is InChI=1S/C23H26N2O5/c1-4-13-30-20-11-7-18(8-12-20)25-22(27)14-21(23(25)28)24(16(2)26)15-17-5-9-19(29-3)10-6-17/h5-12,21H,4,13-15H2,1-3H3/t21-/m1/s1. The number of amides is 3. The fourth-order valence-corrected chi connectivity index (χ4v) is 3.41. The van der Waals surface area contributed by atoms with Gasteiger partial charge in [0.05, 0.1) is 25.8 Å². The maximum atomic E-state index is 13.1. The molecule has 0 aliphatic carbocycles. The highest BCUT2D eigenvalue weighted by Crippen LogP contribution is 2.28. The topological polar surface area (TPSA) is 76.2 Å². The van der Waals surface area contributed by atoms with Gasteiger partial charge in [0.1, 0.15) is 17.5 Å². The van der Waals surface area contributed by atoms with E-state index in [2.05, 4.69) is 0 Å². The summed E-state index contributed by atoms with van der Waals surface area (Å²) in [5, 5.41) is 0. The summed E-state index contributed by atoms with van der Waals surface area (Å²) < 4.78 is 10.7. The van der Waals surface area contributed by atoms with E-state index < -0.39 is 11.9 Å². The smallest absolute Gasteiger partial charge is 0.257 e. The van der Waals surface area contributed by atoms with Gasteiger partial charge in [-0.2, -0.15) is 0 Å². The Kier molecular flexibility index (Phi) is 6.72. The summed E-state index contributed by atoms with van der Waals surface area (Å²) in [5.41, 5.74) is 1.33. The number of benzene rings is 2. The number of carbonyl (C=O) groups is 3. The van der Waals surface area contributed by atoms with Crippen LogP contribution in [0.2, 0.25) is 0 Å². The average molecular weight is 410 g/mol. The number of anilines is 1. The monoisotopic (exact) mass is 410 g/mol. The van der Waals surface area contributed by atoms with E-state index in [4.69, 9.17) is 9.47 Å². The zero-order valence-corrected chi connectivity index (χ0v) is 17.5. The number of imide groups is 1. The van der Waals surface area contributed by atoms with Crippen molar-refractivity contribution in [2.45, 2.75) is 39.3 Å². The van der Waals surface area contributed by atoms with Crippen LogP contribution in [0.15, 0.2) is 48.5 Å². The highest BCUT2D eigenvalue weighted by molar-refractivity contribution is 6.23. The lowest BCUT2D eigenvalue weighted by Crippen LogP contribution is -2.44. The summed E-state index contributed by atoms with van der Waals surface area (Å²) in [6.45, 7) is 4.26. The fraction of sp³-hybridized carbons (Fsp3) is 0.348. The first-order valence-electron chi connectivity index (χ1n) is 9.94. The van der Waals surface area contributed by atoms with E-state index in [1.807, 2.05) is 19.1 Å². The highest BCUT2D eigenvalue weighted by Gasteiger charge is 2.43. The van der Waals surface area contributed by atoms with Crippen LogP contribution < -0.4 is 14.4 Å². The third-order valence-electron chi connectivity index (χ3n) is 4.98. The molecular formula is C23H26N2O5. The fourth-order valence-electron chi connectivity index (χ4n) is 3.41. The molecule has 2 aromatic rings. The average Bonchev–Trinajstić information content (AvgIpc) is 3.04. The van der Waals surface area contributed by atoms with Gasteiger partial charge in [0, 0.05) is 13.5 Å². The van der Waals surface area contributed by atoms with Gasteiger partial charge in [0.2, 0.25) is 11.8 Å². The summed E-state index contributed by atoms with van der Waals surface area (Å²) in [6.07, 6.45) is 0.851. The van der Waals surface area contributed by atoms with Gasteiger partial charge >= 0.3 is 0 Å². The molecule has 158 valence electrons. The van der Waals surface area contributed by atoms with Crippen LogP contribution in [0.4, 0.5) is 5.69 Å². The van der Waals surface area contributed by atoms with Gasteiger partial charge in [-0.05, 0) is 48.4 Å². The van der Waals surface area contributed by atoms with Crippen LogP contribution in [0, 0.1) is 0 Å². The van der Waals surface area contributed by atoms with Crippen LogP contribution in [0.1, 0.15) is 32.3 Å². The summed E-state index contributed by atoms with van der Waals surface area (Å²) in [4.78, 5) is 40.6. The molecule has 2 aromatic carbocycles.